The molecule has 0 aliphatic carbocycles. The third-order valence-corrected chi connectivity index (χ3v) is 0.401. The van der Waals surface area contributed by atoms with Crippen LogP contribution in [0.1, 0.15) is 20.8 Å². The molecule has 0 aliphatic heterocycles. The van der Waals surface area contributed by atoms with Crippen LogP contribution >= 0.6 is 0 Å². The highest BCUT2D eigenvalue weighted by Crippen LogP contribution is 1.81. The molecular weight excluding hydrogens is 116 g/mol. The van der Waals surface area contributed by atoms with Crippen molar-refractivity contribution in [2.45, 2.75) is 20.8 Å². The Labute approximate surface area is 56.2 Å². The molecule has 1 N–H and O–H groups in total. The summed E-state index contributed by atoms with van der Waals surface area (Å²) in [7, 11) is 0. The maximum Gasteiger partial charge on any atom is 0.142 e. The molecule has 0 fully saturated rings. The van der Waals surface area contributed by atoms with Crippen molar-refractivity contribution in [2.75, 3.05) is 6.61 Å². The number of aliphatic hydroxyl groups excluding tert-OH is 1. The summed E-state index contributed by atoms with van der Waals surface area (Å²) in [5, 5.41) is 7.57. The lowest BCUT2D eigenvalue weighted by Gasteiger charge is -1.73. The summed E-state index contributed by atoms with van der Waals surface area (Å²) >= 11 is 0. The molecule has 0 saturated heterocycles. The zero-order valence-electron chi connectivity index (χ0n) is 6.22. The van der Waals surface area contributed by atoms with Gasteiger partial charge in [0.05, 0.1) is 0 Å². The molecule has 0 aromatic rings. The fourth-order valence-corrected chi connectivity index (χ4v) is 0.136. The minimum atomic E-state index is 0.250. The number of hydrogen-bond donors (Lipinski definition) is 1. The number of carbonyl (C=O) groups excluding carboxylic acids is 1. The monoisotopic (exact) mass is 130 g/mol. The average Bonchev–Trinajstić information content (AvgIpc) is 1.67. The van der Waals surface area contributed by atoms with E-state index in [2.05, 4.69) is 0 Å². The van der Waals surface area contributed by atoms with E-state index >= 15 is 0 Å². The van der Waals surface area contributed by atoms with Crippen LogP contribution in [0.25, 0.3) is 0 Å². The Morgan fingerprint density at radius 3 is 1.89 bits per heavy atom. The molecule has 0 atom stereocenters. The van der Waals surface area contributed by atoms with Crippen molar-refractivity contribution in [1.29, 1.82) is 0 Å². The molecule has 0 heterocycles. The van der Waals surface area contributed by atoms with Crippen molar-refractivity contribution >= 4 is 6.29 Å². The molecule has 0 aromatic heterocycles. The molecule has 2 nitrogen and oxygen atoms in total. The number of aliphatic hydroxyl groups is 1. The van der Waals surface area contributed by atoms with E-state index in [1.807, 2.05) is 13.8 Å². The molecule has 0 unspecified atom stereocenters. The summed E-state index contributed by atoms with van der Waals surface area (Å²) in [4.78, 5) is 9.54. The fraction of sp³-hybridized carbons (Fsp3) is 0.571. The SMILES string of the molecule is CC(C)=CC=O.CCO. The summed E-state index contributed by atoms with van der Waals surface area (Å²) < 4.78 is 0. The fourth-order valence-electron chi connectivity index (χ4n) is 0.136. The van der Waals surface area contributed by atoms with Gasteiger partial charge in [-0.15, -0.1) is 0 Å². The van der Waals surface area contributed by atoms with Crippen LogP contribution in [-0.2, 0) is 4.79 Å². The highest BCUT2D eigenvalue weighted by atomic mass is 16.2. The van der Waals surface area contributed by atoms with Crippen molar-refractivity contribution < 1.29 is 9.90 Å². The predicted octanol–water partition coefficient (Wildman–Crippen LogP) is 1.15. The van der Waals surface area contributed by atoms with E-state index < -0.39 is 0 Å². The van der Waals surface area contributed by atoms with Gasteiger partial charge in [0.2, 0.25) is 0 Å². The third-order valence-electron chi connectivity index (χ3n) is 0.401. The van der Waals surface area contributed by atoms with Gasteiger partial charge in [-0.1, -0.05) is 5.57 Å². The topological polar surface area (TPSA) is 37.3 Å². The highest BCUT2D eigenvalue weighted by Gasteiger charge is 1.66. The van der Waals surface area contributed by atoms with E-state index in [1.54, 1.807) is 6.92 Å². The second-order valence-corrected chi connectivity index (χ2v) is 1.70. The van der Waals surface area contributed by atoms with Crippen molar-refractivity contribution in [3.8, 4) is 0 Å². The van der Waals surface area contributed by atoms with Crippen molar-refractivity contribution in [1.82, 2.24) is 0 Å². The van der Waals surface area contributed by atoms with E-state index in [9.17, 15) is 4.79 Å². The minimum Gasteiger partial charge on any atom is -0.397 e. The molecule has 0 bridgehead atoms. The van der Waals surface area contributed by atoms with E-state index in [-0.39, 0.29) is 6.61 Å². The third kappa shape index (κ3) is 37.8. The number of carbonyl (C=O) groups is 1. The normalized spacial score (nSPS) is 6.67. The Kier molecular flexibility index (Phi) is 12.9. The van der Waals surface area contributed by atoms with Crippen LogP contribution in [0.15, 0.2) is 11.6 Å². The quantitative estimate of drug-likeness (QED) is 0.427. The lowest BCUT2D eigenvalue weighted by Crippen LogP contribution is -1.62. The molecule has 0 aliphatic rings. The number of allylic oxidation sites excluding steroid dienone is 2. The predicted molar refractivity (Wildman–Crippen MR) is 38.3 cm³/mol. The van der Waals surface area contributed by atoms with Gasteiger partial charge < -0.3 is 5.11 Å². The molecule has 0 aromatic carbocycles. The molecular formula is C7H14O2. The molecule has 2 heteroatoms. The zero-order chi connectivity index (χ0) is 7.70. The van der Waals surface area contributed by atoms with Gasteiger partial charge in [-0.3, -0.25) is 4.79 Å². The Hall–Kier alpha value is -0.630. The van der Waals surface area contributed by atoms with Crippen molar-refractivity contribution in [3.63, 3.8) is 0 Å². The molecule has 0 amide bonds. The highest BCUT2D eigenvalue weighted by molar-refractivity contribution is 5.65. The largest absolute Gasteiger partial charge is 0.397 e. The lowest BCUT2D eigenvalue weighted by molar-refractivity contribution is -0.104. The van der Waals surface area contributed by atoms with Crippen LogP contribution < -0.4 is 0 Å². The van der Waals surface area contributed by atoms with Gasteiger partial charge in [-0.05, 0) is 26.8 Å². The van der Waals surface area contributed by atoms with Crippen LogP contribution in [0.5, 0.6) is 0 Å². The van der Waals surface area contributed by atoms with Gasteiger partial charge >= 0.3 is 0 Å². The number of rotatable bonds is 1. The number of aldehydes is 1. The summed E-state index contributed by atoms with van der Waals surface area (Å²) in [5.41, 5.74) is 1.05. The molecule has 0 rings (SSSR count). The molecule has 0 saturated carbocycles. The van der Waals surface area contributed by atoms with Gasteiger partial charge in [0, 0.05) is 6.61 Å². The van der Waals surface area contributed by atoms with Crippen LogP contribution in [0.2, 0.25) is 0 Å². The first-order valence-electron chi connectivity index (χ1n) is 2.88. The number of hydrogen-bond acceptors (Lipinski definition) is 2. The second kappa shape index (κ2) is 10.4. The van der Waals surface area contributed by atoms with Crippen molar-refractivity contribution in [2.24, 2.45) is 0 Å². The molecule has 0 spiro atoms. The van der Waals surface area contributed by atoms with Crippen molar-refractivity contribution in [3.05, 3.63) is 11.6 Å². The zero-order valence-corrected chi connectivity index (χ0v) is 6.22. The van der Waals surface area contributed by atoms with Crippen LogP contribution in [0, 0.1) is 0 Å². The second-order valence-electron chi connectivity index (χ2n) is 1.70. The van der Waals surface area contributed by atoms with Gasteiger partial charge in [0.25, 0.3) is 0 Å². The summed E-state index contributed by atoms with van der Waals surface area (Å²) in [6.45, 7) is 5.70. The van der Waals surface area contributed by atoms with E-state index in [4.69, 9.17) is 5.11 Å². The van der Waals surface area contributed by atoms with Gasteiger partial charge in [0.15, 0.2) is 0 Å². The maximum absolute atomic E-state index is 9.54. The Morgan fingerprint density at radius 2 is 1.89 bits per heavy atom. The maximum atomic E-state index is 9.54. The first kappa shape index (κ1) is 11.2. The average molecular weight is 130 g/mol. The van der Waals surface area contributed by atoms with Gasteiger partial charge in [0.1, 0.15) is 6.29 Å². The standard InChI is InChI=1S/C5H8O.C2H6O/c1-5(2)3-4-6;1-2-3/h3-4H,1-2H3;3H,2H2,1H3. The lowest BCUT2D eigenvalue weighted by atomic mass is 10.3. The Morgan fingerprint density at radius 1 is 1.56 bits per heavy atom. The van der Waals surface area contributed by atoms with Crippen LogP contribution in [-0.4, -0.2) is 18.0 Å². The summed E-state index contributed by atoms with van der Waals surface area (Å²) in [6.07, 6.45) is 2.31. The van der Waals surface area contributed by atoms with Gasteiger partial charge in [-0.25, -0.2) is 0 Å². The van der Waals surface area contributed by atoms with Crippen LogP contribution in [0.4, 0.5) is 0 Å². The molecule has 54 valence electrons. The summed E-state index contributed by atoms with van der Waals surface area (Å²) in [5.74, 6) is 0. The first-order valence-corrected chi connectivity index (χ1v) is 2.88. The van der Waals surface area contributed by atoms with E-state index in [0.717, 1.165) is 11.9 Å². The van der Waals surface area contributed by atoms with E-state index in [1.165, 1.54) is 6.08 Å². The first-order chi connectivity index (χ1) is 4.18. The summed E-state index contributed by atoms with van der Waals surface area (Å²) in [6, 6.07) is 0. The Balaban J connectivity index is 0. The Bertz CT molecular complexity index is 80.9. The van der Waals surface area contributed by atoms with Gasteiger partial charge in [-0.2, -0.15) is 0 Å². The van der Waals surface area contributed by atoms with Crippen LogP contribution in [0.3, 0.4) is 0 Å². The smallest absolute Gasteiger partial charge is 0.142 e. The molecule has 9 heavy (non-hydrogen) atoms. The van der Waals surface area contributed by atoms with E-state index in [0.29, 0.717) is 0 Å². The molecule has 0 radical (unpaired) electrons. The minimum absolute atomic E-state index is 0.250.